The Bertz CT molecular complexity index is 1090. The van der Waals surface area contributed by atoms with Crippen molar-refractivity contribution >= 4 is 38.9 Å². The Hall–Kier alpha value is -2.02. The molecular formula is C19H17Cl2N3O2S. The van der Waals surface area contributed by atoms with Crippen molar-refractivity contribution in [3.8, 4) is 11.3 Å². The van der Waals surface area contributed by atoms with Gasteiger partial charge in [-0.2, -0.15) is 0 Å². The van der Waals surface area contributed by atoms with E-state index < -0.39 is 10.0 Å². The SMILES string of the molecule is O=S(=O)(Nc1ccccc1-c1cn2c(n1)CCCC2)c1cc(Cl)ccc1Cl. The lowest BCUT2D eigenvalue weighted by molar-refractivity contribution is 0.522. The number of nitrogens with zero attached hydrogens (tertiary/aromatic N) is 2. The molecule has 0 fully saturated rings. The number of benzene rings is 2. The Morgan fingerprint density at radius 1 is 1.07 bits per heavy atom. The maximum atomic E-state index is 12.9. The average Bonchev–Trinajstić information content (AvgIpc) is 3.07. The molecule has 0 aliphatic carbocycles. The number of para-hydroxylation sites is 1. The smallest absolute Gasteiger partial charge is 0.263 e. The minimum absolute atomic E-state index is 0.0596. The first-order chi connectivity index (χ1) is 12.9. The van der Waals surface area contributed by atoms with E-state index in [2.05, 4.69) is 9.29 Å². The van der Waals surface area contributed by atoms with Crippen molar-refractivity contribution in [2.24, 2.45) is 0 Å². The van der Waals surface area contributed by atoms with Gasteiger partial charge in [0.2, 0.25) is 0 Å². The number of fused-ring (bicyclic) bond motifs is 1. The summed E-state index contributed by atoms with van der Waals surface area (Å²) < 4.78 is 30.5. The number of halogens is 2. The molecule has 1 N–H and O–H groups in total. The van der Waals surface area contributed by atoms with Crippen LogP contribution in [0.5, 0.6) is 0 Å². The number of rotatable bonds is 4. The van der Waals surface area contributed by atoms with Crippen LogP contribution < -0.4 is 4.72 Å². The van der Waals surface area contributed by atoms with Crippen LogP contribution in [-0.4, -0.2) is 18.0 Å². The molecule has 5 nitrogen and oxygen atoms in total. The third-order valence-corrected chi connectivity index (χ3v) is 6.62. The number of nitrogens with one attached hydrogen (secondary N) is 1. The molecule has 0 saturated carbocycles. The topological polar surface area (TPSA) is 64.0 Å². The normalized spacial score (nSPS) is 14.0. The van der Waals surface area contributed by atoms with Gasteiger partial charge in [0.25, 0.3) is 10.0 Å². The van der Waals surface area contributed by atoms with E-state index in [9.17, 15) is 8.42 Å². The molecule has 140 valence electrons. The number of sulfonamides is 1. The number of hydrogen-bond donors (Lipinski definition) is 1. The number of anilines is 1. The highest BCUT2D eigenvalue weighted by Gasteiger charge is 2.21. The summed E-state index contributed by atoms with van der Waals surface area (Å²) in [5, 5.41) is 0.414. The van der Waals surface area contributed by atoms with Crippen LogP contribution in [0.2, 0.25) is 10.0 Å². The predicted molar refractivity (Wildman–Crippen MR) is 108 cm³/mol. The molecule has 27 heavy (non-hydrogen) atoms. The maximum Gasteiger partial charge on any atom is 0.263 e. The molecular weight excluding hydrogens is 405 g/mol. The van der Waals surface area contributed by atoms with Crippen LogP contribution in [0.1, 0.15) is 18.7 Å². The third kappa shape index (κ3) is 3.70. The standard InChI is InChI=1S/C19H17Cl2N3O2S/c20-13-8-9-15(21)18(11-13)27(25,26)23-16-6-2-1-5-14(16)17-12-24-10-4-3-7-19(24)22-17/h1-2,5-6,8-9,11-12,23H,3-4,7,10H2. The average molecular weight is 422 g/mol. The zero-order chi connectivity index (χ0) is 19.0. The number of imidazole rings is 1. The van der Waals surface area contributed by atoms with Crippen molar-refractivity contribution in [2.45, 2.75) is 30.7 Å². The molecule has 1 aliphatic heterocycles. The van der Waals surface area contributed by atoms with Crippen LogP contribution in [-0.2, 0) is 23.0 Å². The monoisotopic (exact) mass is 421 g/mol. The lowest BCUT2D eigenvalue weighted by Gasteiger charge is -2.12. The lowest BCUT2D eigenvalue weighted by atomic mass is 10.1. The number of aromatic nitrogens is 2. The van der Waals surface area contributed by atoms with Crippen LogP contribution in [0, 0.1) is 0 Å². The third-order valence-electron chi connectivity index (χ3n) is 4.54. The summed E-state index contributed by atoms with van der Waals surface area (Å²) >= 11 is 12.0. The van der Waals surface area contributed by atoms with Gasteiger partial charge in [-0.05, 0) is 37.1 Å². The maximum absolute atomic E-state index is 12.9. The van der Waals surface area contributed by atoms with E-state index in [1.54, 1.807) is 18.2 Å². The van der Waals surface area contributed by atoms with Gasteiger partial charge in [0.15, 0.2) is 0 Å². The van der Waals surface area contributed by atoms with Gasteiger partial charge in [-0.15, -0.1) is 0 Å². The fourth-order valence-electron chi connectivity index (χ4n) is 3.22. The Morgan fingerprint density at radius 2 is 1.89 bits per heavy atom. The molecule has 3 aromatic rings. The summed E-state index contributed by atoms with van der Waals surface area (Å²) in [5.74, 6) is 1.03. The predicted octanol–water partition coefficient (Wildman–Crippen LogP) is 4.99. The molecule has 0 spiro atoms. The van der Waals surface area contributed by atoms with Crippen LogP contribution in [0.3, 0.4) is 0 Å². The molecule has 0 amide bonds. The highest BCUT2D eigenvalue weighted by molar-refractivity contribution is 7.92. The molecule has 0 radical (unpaired) electrons. The fraction of sp³-hybridized carbons (Fsp3) is 0.211. The van der Waals surface area contributed by atoms with Gasteiger partial charge in [-0.3, -0.25) is 4.72 Å². The fourth-order valence-corrected chi connectivity index (χ4v) is 5.06. The van der Waals surface area contributed by atoms with Crippen molar-refractivity contribution in [1.82, 2.24) is 9.55 Å². The van der Waals surface area contributed by atoms with Gasteiger partial charge >= 0.3 is 0 Å². The first-order valence-corrected chi connectivity index (χ1v) is 10.8. The Morgan fingerprint density at radius 3 is 2.70 bits per heavy atom. The summed E-state index contributed by atoms with van der Waals surface area (Å²) in [7, 11) is -3.90. The molecule has 0 unspecified atom stereocenters. The number of aryl methyl sites for hydroxylation is 2. The molecule has 1 aliphatic rings. The minimum atomic E-state index is -3.90. The second kappa shape index (κ2) is 7.19. The van der Waals surface area contributed by atoms with Crippen LogP contribution in [0.15, 0.2) is 53.6 Å². The Labute approximate surface area is 168 Å². The van der Waals surface area contributed by atoms with Crippen molar-refractivity contribution in [2.75, 3.05) is 4.72 Å². The van der Waals surface area contributed by atoms with Gasteiger partial charge in [0.05, 0.1) is 16.4 Å². The lowest BCUT2D eigenvalue weighted by Crippen LogP contribution is -2.14. The highest BCUT2D eigenvalue weighted by Crippen LogP contribution is 2.32. The molecule has 1 aromatic heterocycles. The zero-order valence-corrected chi connectivity index (χ0v) is 16.7. The van der Waals surface area contributed by atoms with E-state index in [1.165, 1.54) is 12.1 Å². The summed E-state index contributed by atoms with van der Waals surface area (Å²) in [6.45, 7) is 0.939. The van der Waals surface area contributed by atoms with E-state index in [-0.39, 0.29) is 9.92 Å². The highest BCUT2D eigenvalue weighted by atomic mass is 35.5. The van der Waals surface area contributed by atoms with Crippen molar-refractivity contribution in [3.63, 3.8) is 0 Å². The molecule has 4 rings (SSSR count). The van der Waals surface area contributed by atoms with E-state index in [0.717, 1.165) is 42.9 Å². The summed E-state index contributed by atoms with van der Waals surface area (Å²) in [6, 6.07) is 11.6. The van der Waals surface area contributed by atoms with Gasteiger partial charge in [0, 0.05) is 29.7 Å². The van der Waals surface area contributed by atoms with Crippen molar-refractivity contribution in [1.29, 1.82) is 0 Å². The Balaban J connectivity index is 1.73. The quantitative estimate of drug-likeness (QED) is 0.644. The van der Waals surface area contributed by atoms with E-state index in [4.69, 9.17) is 28.2 Å². The summed E-state index contributed by atoms with van der Waals surface area (Å²) in [6.07, 6.45) is 5.17. The van der Waals surface area contributed by atoms with E-state index in [0.29, 0.717) is 10.7 Å². The van der Waals surface area contributed by atoms with Gasteiger partial charge in [-0.25, -0.2) is 13.4 Å². The number of hydrogen-bond acceptors (Lipinski definition) is 3. The zero-order valence-electron chi connectivity index (χ0n) is 14.3. The minimum Gasteiger partial charge on any atom is -0.334 e. The molecule has 8 heteroatoms. The van der Waals surface area contributed by atoms with Crippen molar-refractivity contribution in [3.05, 3.63) is 64.5 Å². The first-order valence-electron chi connectivity index (χ1n) is 8.57. The first kappa shape index (κ1) is 18.3. The van der Waals surface area contributed by atoms with Crippen LogP contribution in [0.4, 0.5) is 5.69 Å². The summed E-state index contributed by atoms with van der Waals surface area (Å²) in [5.41, 5.74) is 1.92. The van der Waals surface area contributed by atoms with Gasteiger partial charge in [-0.1, -0.05) is 41.4 Å². The van der Waals surface area contributed by atoms with Gasteiger partial charge < -0.3 is 4.57 Å². The van der Waals surface area contributed by atoms with Crippen molar-refractivity contribution < 1.29 is 8.42 Å². The molecule has 0 bridgehead atoms. The van der Waals surface area contributed by atoms with E-state index >= 15 is 0 Å². The van der Waals surface area contributed by atoms with Crippen LogP contribution in [0.25, 0.3) is 11.3 Å². The Kier molecular flexibility index (Phi) is 4.88. The second-order valence-electron chi connectivity index (χ2n) is 6.42. The van der Waals surface area contributed by atoms with E-state index in [1.807, 2.05) is 18.3 Å². The van der Waals surface area contributed by atoms with Gasteiger partial charge in [0.1, 0.15) is 10.7 Å². The molecule has 2 heterocycles. The van der Waals surface area contributed by atoms with Crippen LogP contribution >= 0.6 is 23.2 Å². The summed E-state index contributed by atoms with van der Waals surface area (Å²) in [4.78, 5) is 4.64. The molecule has 0 atom stereocenters. The molecule has 0 saturated heterocycles. The molecule has 2 aromatic carbocycles. The largest absolute Gasteiger partial charge is 0.334 e. The second-order valence-corrected chi connectivity index (χ2v) is 8.91.